The topological polar surface area (TPSA) is 79.0 Å². The Morgan fingerprint density at radius 2 is 1.84 bits per heavy atom. The van der Waals surface area contributed by atoms with Crippen molar-refractivity contribution in [2.24, 2.45) is 5.92 Å². The Bertz CT molecular complexity index is 729. The molecule has 132 valence electrons. The van der Waals surface area contributed by atoms with Crippen molar-refractivity contribution in [2.45, 2.75) is 19.3 Å². The predicted molar refractivity (Wildman–Crippen MR) is 90.4 cm³/mol. The number of nitrogens with zero attached hydrogens (tertiary/aromatic N) is 2. The van der Waals surface area contributed by atoms with Crippen LogP contribution in [0.3, 0.4) is 0 Å². The molecule has 1 aromatic rings. The molecular weight excluding hydrogens is 322 g/mol. The SMILES string of the molecule is O=C1COc2ccc(C(=O)N3CCCN(C(=O)C4CC4)CC3)cc2N1. The maximum absolute atomic E-state index is 12.8. The highest BCUT2D eigenvalue weighted by molar-refractivity contribution is 5.99. The van der Waals surface area contributed by atoms with Crippen LogP contribution in [0.25, 0.3) is 0 Å². The van der Waals surface area contributed by atoms with Crippen molar-refractivity contribution in [1.29, 1.82) is 0 Å². The van der Waals surface area contributed by atoms with Crippen molar-refractivity contribution >= 4 is 23.4 Å². The van der Waals surface area contributed by atoms with Gasteiger partial charge in [0.15, 0.2) is 6.61 Å². The minimum atomic E-state index is -0.221. The molecule has 0 unspecified atom stereocenters. The maximum atomic E-state index is 12.8. The Hall–Kier alpha value is -2.57. The molecule has 4 rings (SSSR count). The van der Waals surface area contributed by atoms with Gasteiger partial charge in [-0.2, -0.15) is 0 Å². The van der Waals surface area contributed by atoms with Gasteiger partial charge in [0.25, 0.3) is 11.8 Å². The van der Waals surface area contributed by atoms with Gasteiger partial charge in [-0.05, 0) is 37.5 Å². The van der Waals surface area contributed by atoms with Crippen molar-refractivity contribution in [3.05, 3.63) is 23.8 Å². The zero-order chi connectivity index (χ0) is 17.4. The molecule has 1 N–H and O–H groups in total. The minimum absolute atomic E-state index is 0.00270. The molecule has 0 atom stereocenters. The summed E-state index contributed by atoms with van der Waals surface area (Å²) in [5.41, 5.74) is 1.05. The number of fused-ring (bicyclic) bond motifs is 1. The molecule has 0 spiro atoms. The minimum Gasteiger partial charge on any atom is -0.482 e. The quantitative estimate of drug-likeness (QED) is 0.872. The smallest absolute Gasteiger partial charge is 0.262 e. The maximum Gasteiger partial charge on any atom is 0.262 e. The first-order valence-electron chi connectivity index (χ1n) is 8.76. The van der Waals surface area contributed by atoms with Gasteiger partial charge in [-0.25, -0.2) is 0 Å². The molecule has 3 aliphatic rings. The third kappa shape index (κ3) is 3.31. The van der Waals surface area contributed by atoms with Gasteiger partial charge in [-0.3, -0.25) is 14.4 Å². The van der Waals surface area contributed by atoms with E-state index in [4.69, 9.17) is 4.74 Å². The number of carbonyl (C=O) groups excluding carboxylic acids is 3. The predicted octanol–water partition coefficient (Wildman–Crippen LogP) is 1.10. The van der Waals surface area contributed by atoms with E-state index < -0.39 is 0 Å². The van der Waals surface area contributed by atoms with E-state index in [1.54, 1.807) is 23.1 Å². The number of rotatable bonds is 2. The molecule has 25 heavy (non-hydrogen) atoms. The van der Waals surface area contributed by atoms with E-state index in [0.29, 0.717) is 43.2 Å². The Morgan fingerprint density at radius 3 is 2.64 bits per heavy atom. The molecule has 2 aliphatic heterocycles. The van der Waals surface area contributed by atoms with E-state index in [1.807, 2.05) is 4.90 Å². The molecule has 0 bridgehead atoms. The van der Waals surface area contributed by atoms with Crippen LogP contribution in [0.4, 0.5) is 5.69 Å². The van der Waals surface area contributed by atoms with Crippen LogP contribution >= 0.6 is 0 Å². The Labute approximate surface area is 145 Å². The summed E-state index contributed by atoms with van der Waals surface area (Å²) < 4.78 is 5.32. The number of nitrogens with one attached hydrogen (secondary N) is 1. The van der Waals surface area contributed by atoms with Crippen molar-refractivity contribution in [1.82, 2.24) is 9.80 Å². The van der Waals surface area contributed by atoms with E-state index >= 15 is 0 Å². The lowest BCUT2D eigenvalue weighted by molar-refractivity contribution is -0.132. The van der Waals surface area contributed by atoms with E-state index in [0.717, 1.165) is 19.3 Å². The average molecular weight is 343 g/mol. The molecule has 1 aliphatic carbocycles. The molecule has 1 saturated carbocycles. The van der Waals surface area contributed by atoms with Crippen LogP contribution in [-0.4, -0.2) is 60.3 Å². The summed E-state index contributed by atoms with van der Waals surface area (Å²) in [5, 5.41) is 2.72. The first-order valence-corrected chi connectivity index (χ1v) is 8.76. The fourth-order valence-corrected chi connectivity index (χ4v) is 3.33. The summed E-state index contributed by atoms with van der Waals surface area (Å²) in [4.78, 5) is 40.2. The van der Waals surface area contributed by atoms with Crippen molar-refractivity contribution in [3.63, 3.8) is 0 Å². The summed E-state index contributed by atoms with van der Waals surface area (Å²) in [6.45, 7) is 2.47. The fourth-order valence-electron chi connectivity index (χ4n) is 3.33. The van der Waals surface area contributed by atoms with E-state index in [1.165, 1.54) is 0 Å². The van der Waals surface area contributed by atoms with Crippen LogP contribution in [0.1, 0.15) is 29.6 Å². The van der Waals surface area contributed by atoms with Crippen LogP contribution in [0.15, 0.2) is 18.2 Å². The number of carbonyl (C=O) groups is 3. The average Bonchev–Trinajstić information content (AvgIpc) is 3.46. The van der Waals surface area contributed by atoms with Crippen molar-refractivity contribution in [3.8, 4) is 5.75 Å². The van der Waals surface area contributed by atoms with Crippen LogP contribution in [-0.2, 0) is 9.59 Å². The number of benzene rings is 1. The molecule has 7 heteroatoms. The first-order chi connectivity index (χ1) is 12.1. The van der Waals surface area contributed by atoms with Crippen LogP contribution in [0.2, 0.25) is 0 Å². The molecule has 7 nitrogen and oxygen atoms in total. The lowest BCUT2D eigenvalue weighted by atomic mass is 10.1. The van der Waals surface area contributed by atoms with Gasteiger partial charge >= 0.3 is 0 Å². The fraction of sp³-hybridized carbons (Fsp3) is 0.500. The van der Waals surface area contributed by atoms with Gasteiger partial charge in [-0.1, -0.05) is 0 Å². The second kappa shape index (κ2) is 6.38. The second-order valence-corrected chi connectivity index (χ2v) is 6.79. The van der Waals surface area contributed by atoms with E-state index in [-0.39, 0.29) is 30.2 Å². The highest BCUT2D eigenvalue weighted by Crippen LogP contribution is 2.31. The summed E-state index contributed by atoms with van der Waals surface area (Å²) in [6, 6.07) is 5.09. The Morgan fingerprint density at radius 1 is 1.08 bits per heavy atom. The summed E-state index contributed by atoms with van der Waals surface area (Å²) in [6.07, 6.45) is 2.79. The standard InChI is InChI=1S/C18H21N3O4/c22-16-11-25-15-5-4-13(10-14(15)19-16)18(24)21-7-1-6-20(8-9-21)17(23)12-2-3-12/h4-5,10,12H,1-3,6-9,11H2,(H,19,22). The van der Waals surface area contributed by atoms with Gasteiger partial charge < -0.3 is 19.9 Å². The van der Waals surface area contributed by atoms with Crippen molar-refractivity contribution < 1.29 is 19.1 Å². The largest absolute Gasteiger partial charge is 0.482 e. The van der Waals surface area contributed by atoms with Gasteiger partial charge in [0.1, 0.15) is 5.75 Å². The summed E-state index contributed by atoms with van der Waals surface area (Å²) >= 11 is 0. The Kier molecular flexibility index (Phi) is 4.07. The summed E-state index contributed by atoms with van der Waals surface area (Å²) in [7, 11) is 0. The van der Waals surface area contributed by atoms with Crippen LogP contribution in [0.5, 0.6) is 5.75 Å². The number of ether oxygens (including phenoxy) is 1. The van der Waals surface area contributed by atoms with Gasteiger partial charge in [0.2, 0.25) is 5.91 Å². The normalized spacial score (nSPS) is 20.2. The first kappa shape index (κ1) is 15.9. The number of hydrogen-bond acceptors (Lipinski definition) is 4. The lowest BCUT2D eigenvalue weighted by Gasteiger charge is -2.23. The van der Waals surface area contributed by atoms with Crippen LogP contribution in [0, 0.1) is 5.92 Å². The highest BCUT2D eigenvalue weighted by atomic mass is 16.5. The zero-order valence-corrected chi connectivity index (χ0v) is 14.0. The van der Waals surface area contributed by atoms with Gasteiger partial charge in [0.05, 0.1) is 5.69 Å². The monoisotopic (exact) mass is 343 g/mol. The zero-order valence-electron chi connectivity index (χ0n) is 14.0. The highest BCUT2D eigenvalue weighted by Gasteiger charge is 2.34. The molecule has 1 saturated heterocycles. The van der Waals surface area contributed by atoms with Crippen LogP contribution < -0.4 is 10.1 Å². The van der Waals surface area contributed by atoms with E-state index in [2.05, 4.69) is 5.32 Å². The molecule has 0 radical (unpaired) electrons. The molecule has 3 amide bonds. The molecule has 2 fully saturated rings. The van der Waals surface area contributed by atoms with Crippen molar-refractivity contribution in [2.75, 3.05) is 38.1 Å². The molecule has 1 aromatic carbocycles. The van der Waals surface area contributed by atoms with E-state index in [9.17, 15) is 14.4 Å². The molecule has 2 heterocycles. The van der Waals surface area contributed by atoms with Gasteiger partial charge in [0, 0.05) is 37.7 Å². The molecule has 0 aromatic heterocycles. The molecular formula is C18H21N3O4. The lowest BCUT2D eigenvalue weighted by Crippen LogP contribution is -2.38. The summed E-state index contributed by atoms with van der Waals surface area (Å²) in [5.74, 6) is 0.729. The third-order valence-electron chi connectivity index (χ3n) is 4.88. The second-order valence-electron chi connectivity index (χ2n) is 6.79. The number of anilines is 1. The third-order valence-corrected chi connectivity index (χ3v) is 4.88. The van der Waals surface area contributed by atoms with Gasteiger partial charge in [-0.15, -0.1) is 0 Å². The number of hydrogen-bond donors (Lipinski definition) is 1. The Balaban J connectivity index is 1.44. The number of amides is 3.